The van der Waals surface area contributed by atoms with Crippen LogP contribution in [0, 0.1) is 0 Å². The molecule has 3 aromatic carbocycles. The standard InChI is InChI=1S/C33H40ClN3O6S/c1-4-31(33(39)35-26-12-6-5-7-13-26)36(22-24-10-8-15-29(20-24)43-3)32(38)23-37(27-14-9-11-25(34)21-27)44(40,41)30-18-16-28(42-2)17-19-30/h8-11,14-21,26,31H,4-7,12-13,22-23H2,1-3H3,(H,35,39)/t31-/m0/s1. The summed E-state index contributed by atoms with van der Waals surface area (Å²) in [6, 6.07) is 18.8. The highest BCUT2D eigenvalue weighted by Gasteiger charge is 2.34. The molecule has 44 heavy (non-hydrogen) atoms. The Morgan fingerprint density at radius 3 is 2.25 bits per heavy atom. The van der Waals surface area contributed by atoms with Gasteiger partial charge in [0.15, 0.2) is 0 Å². The maximum Gasteiger partial charge on any atom is 0.264 e. The molecule has 0 heterocycles. The molecule has 11 heteroatoms. The molecule has 1 aliphatic rings. The predicted molar refractivity (Wildman–Crippen MR) is 172 cm³/mol. The number of hydrogen-bond acceptors (Lipinski definition) is 6. The summed E-state index contributed by atoms with van der Waals surface area (Å²) in [5.74, 6) is 0.323. The monoisotopic (exact) mass is 641 g/mol. The maximum atomic E-state index is 14.3. The highest BCUT2D eigenvalue weighted by Crippen LogP contribution is 2.28. The summed E-state index contributed by atoms with van der Waals surface area (Å²) < 4.78 is 39.7. The van der Waals surface area contributed by atoms with Gasteiger partial charge in [0.1, 0.15) is 24.1 Å². The van der Waals surface area contributed by atoms with Crippen molar-refractivity contribution in [3.63, 3.8) is 0 Å². The van der Waals surface area contributed by atoms with E-state index in [1.54, 1.807) is 49.6 Å². The van der Waals surface area contributed by atoms with E-state index in [4.69, 9.17) is 21.1 Å². The van der Waals surface area contributed by atoms with Gasteiger partial charge in [-0.2, -0.15) is 0 Å². The van der Waals surface area contributed by atoms with Crippen molar-refractivity contribution in [3.8, 4) is 11.5 Å². The van der Waals surface area contributed by atoms with Crippen molar-refractivity contribution in [2.75, 3.05) is 25.1 Å². The van der Waals surface area contributed by atoms with Crippen molar-refractivity contribution >= 4 is 39.1 Å². The van der Waals surface area contributed by atoms with Crippen LogP contribution in [0.5, 0.6) is 11.5 Å². The number of amides is 2. The number of nitrogens with one attached hydrogen (secondary N) is 1. The van der Waals surface area contributed by atoms with E-state index in [1.807, 2.05) is 19.1 Å². The summed E-state index contributed by atoms with van der Waals surface area (Å²) in [6.45, 7) is 1.38. The number of rotatable bonds is 13. The summed E-state index contributed by atoms with van der Waals surface area (Å²) in [5, 5.41) is 3.47. The Balaban J connectivity index is 1.72. The van der Waals surface area contributed by atoms with E-state index in [-0.39, 0.29) is 29.1 Å². The first-order chi connectivity index (χ1) is 21.2. The molecular formula is C33H40ClN3O6S. The zero-order chi connectivity index (χ0) is 31.7. The smallest absolute Gasteiger partial charge is 0.264 e. The fourth-order valence-corrected chi connectivity index (χ4v) is 7.06. The quantitative estimate of drug-likeness (QED) is 0.253. The molecule has 1 aliphatic carbocycles. The molecule has 0 spiro atoms. The van der Waals surface area contributed by atoms with Gasteiger partial charge in [0.25, 0.3) is 10.0 Å². The number of carbonyl (C=O) groups is 2. The van der Waals surface area contributed by atoms with Crippen molar-refractivity contribution in [1.82, 2.24) is 10.2 Å². The highest BCUT2D eigenvalue weighted by molar-refractivity contribution is 7.92. The molecule has 2 amide bonds. The predicted octanol–water partition coefficient (Wildman–Crippen LogP) is 5.81. The second kappa shape index (κ2) is 15.3. The Morgan fingerprint density at radius 1 is 0.932 bits per heavy atom. The van der Waals surface area contributed by atoms with Crippen LogP contribution in [0.4, 0.5) is 5.69 Å². The first-order valence-electron chi connectivity index (χ1n) is 14.8. The SMILES string of the molecule is CC[C@@H](C(=O)NC1CCCCC1)N(Cc1cccc(OC)c1)C(=O)CN(c1cccc(Cl)c1)S(=O)(=O)c1ccc(OC)cc1. The lowest BCUT2D eigenvalue weighted by molar-refractivity contribution is -0.140. The molecule has 1 N–H and O–H groups in total. The van der Waals surface area contributed by atoms with Gasteiger partial charge in [-0.15, -0.1) is 0 Å². The van der Waals surface area contributed by atoms with Crippen molar-refractivity contribution in [2.24, 2.45) is 0 Å². The number of anilines is 1. The summed E-state index contributed by atoms with van der Waals surface area (Å²) in [5.41, 5.74) is 0.969. The molecule has 1 fully saturated rings. The Hall–Kier alpha value is -3.76. The molecule has 4 rings (SSSR count). The van der Waals surface area contributed by atoms with Gasteiger partial charge in [0, 0.05) is 17.6 Å². The van der Waals surface area contributed by atoms with Crippen LogP contribution in [0.2, 0.25) is 5.02 Å². The number of sulfonamides is 1. The van der Waals surface area contributed by atoms with Crippen molar-refractivity contribution < 1.29 is 27.5 Å². The largest absolute Gasteiger partial charge is 0.497 e. The van der Waals surface area contributed by atoms with Gasteiger partial charge in [-0.25, -0.2) is 8.42 Å². The average Bonchev–Trinajstić information content (AvgIpc) is 3.03. The van der Waals surface area contributed by atoms with Crippen LogP contribution in [-0.2, 0) is 26.2 Å². The molecular weight excluding hydrogens is 602 g/mol. The number of halogens is 1. The minimum absolute atomic E-state index is 0.0208. The first kappa shape index (κ1) is 33.1. The van der Waals surface area contributed by atoms with E-state index >= 15 is 0 Å². The number of methoxy groups -OCH3 is 2. The third-order valence-corrected chi connectivity index (χ3v) is 9.87. The van der Waals surface area contributed by atoms with Crippen LogP contribution in [0.15, 0.2) is 77.7 Å². The fraction of sp³-hybridized carbons (Fsp3) is 0.394. The van der Waals surface area contributed by atoms with E-state index in [0.29, 0.717) is 22.9 Å². The average molecular weight is 642 g/mol. The third-order valence-electron chi connectivity index (χ3n) is 7.85. The molecule has 0 saturated heterocycles. The normalized spacial score (nSPS) is 14.4. The lowest BCUT2D eigenvalue weighted by Gasteiger charge is -2.34. The number of ether oxygens (including phenoxy) is 2. The van der Waals surface area contributed by atoms with Gasteiger partial charge in [0.05, 0.1) is 24.8 Å². The Labute approximate surface area is 265 Å². The van der Waals surface area contributed by atoms with Gasteiger partial charge < -0.3 is 19.7 Å². The molecule has 0 aromatic heterocycles. The van der Waals surface area contributed by atoms with Gasteiger partial charge in [-0.3, -0.25) is 13.9 Å². The Morgan fingerprint density at radius 2 is 1.61 bits per heavy atom. The highest BCUT2D eigenvalue weighted by atomic mass is 35.5. The molecule has 9 nitrogen and oxygen atoms in total. The molecule has 0 radical (unpaired) electrons. The maximum absolute atomic E-state index is 14.3. The molecule has 236 valence electrons. The van der Waals surface area contributed by atoms with Crippen LogP contribution >= 0.6 is 11.6 Å². The number of nitrogens with zero attached hydrogens (tertiary/aromatic N) is 2. The molecule has 3 aromatic rings. The summed E-state index contributed by atoms with van der Waals surface area (Å²) in [6.07, 6.45) is 5.38. The van der Waals surface area contributed by atoms with Crippen molar-refractivity contribution in [1.29, 1.82) is 0 Å². The van der Waals surface area contributed by atoms with Crippen molar-refractivity contribution in [2.45, 2.75) is 69.0 Å². The fourth-order valence-electron chi connectivity index (χ4n) is 5.47. The number of carbonyl (C=O) groups excluding carboxylic acids is 2. The number of hydrogen-bond donors (Lipinski definition) is 1. The topological polar surface area (TPSA) is 105 Å². The Kier molecular flexibility index (Phi) is 11.5. The van der Waals surface area contributed by atoms with Crippen LogP contribution < -0.4 is 19.1 Å². The van der Waals surface area contributed by atoms with E-state index in [1.165, 1.54) is 30.2 Å². The minimum atomic E-state index is -4.23. The summed E-state index contributed by atoms with van der Waals surface area (Å²) in [7, 11) is -1.18. The zero-order valence-electron chi connectivity index (χ0n) is 25.4. The van der Waals surface area contributed by atoms with Crippen LogP contribution in [0.1, 0.15) is 51.0 Å². The molecule has 0 unspecified atom stereocenters. The lowest BCUT2D eigenvalue weighted by Crippen LogP contribution is -2.54. The van der Waals surface area contributed by atoms with Gasteiger partial charge in [-0.05, 0) is 79.4 Å². The zero-order valence-corrected chi connectivity index (χ0v) is 26.9. The van der Waals surface area contributed by atoms with E-state index in [9.17, 15) is 18.0 Å². The summed E-state index contributed by atoms with van der Waals surface area (Å²) in [4.78, 5) is 29.4. The Bertz CT molecular complexity index is 1530. The van der Waals surface area contributed by atoms with E-state index in [0.717, 1.165) is 42.0 Å². The van der Waals surface area contributed by atoms with Gasteiger partial charge >= 0.3 is 0 Å². The summed E-state index contributed by atoms with van der Waals surface area (Å²) >= 11 is 6.27. The molecule has 1 atom stereocenters. The lowest BCUT2D eigenvalue weighted by atomic mass is 9.95. The second-order valence-electron chi connectivity index (χ2n) is 10.8. The third kappa shape index (κ3) is 8.24. The molecule has 0 aliphatic heterocycles. The van der Waals surface area contributed by atoms with Crippen molar-refractivity contribution in [3.05, 3.63) is 83.4 Å². The van der Waals surface area contributed by atoms with Crippen LogP contribution in [0.25, 0.3) is 0 Å². The van der Waals surface area contributed by atoms with Gasteiger partial charge in [-0.1, -0.05) is 56.0 Å². The number of benzene rings is 3. The van der Waals surface area contributed by atoms with Crippen LogP contribution in [-0.4, -0.2) is 58.0 Å². The second-order valence-corrected chi connectivity index (χ2v) is 13.1. The molecule has 1 saturated carbocycles. The van der Waals surface area contributed by atoms with Gasteiger partial charge in [0.2, 0.25) is 11.8 Å². The first-order valence-corrected chi connectivity index (χ1v) is 16.6. The van der Waals surface area contributed by atoms with E-state index < -0.39 is 28.5 Å². The minimum Gasteiger partial charge on any atom is -0.497 e. The van der Waals surface area contributed by atoms with Crippen LogP contribution in [0.3, 0.4) is 0 Å². The van der Waals surface area contributed by atoms with E-state index in [2.05, 4.69) is 5.32 Å². The molecule has 0 bridgehead atoms.